The van der Waals surface area contributed by atoms with Crippen LogP contribution in [0.2, 0.25) is 0 Å². The number of ether oxygens (including phenoxy) is 2. The highest BCUT2D eigenvalue weighted by Gasteiger charge is 2.30. The van der Waals surface area contributed by atoms with Crippen molar-refractivity contribution in [3.8, 4) is 11.3 Å². The molecule has 1 aliphatic heterocycles. The van der Waals surface area contributed by atoms with Crippen LogP contribution in [0.15, 0.2) is 36.7 Å². The molecule has 10 heteroatoms. The highest BCUT2D eigenvalue weighted by molar-refractivity contribution is 5.90. The maximum atomic E-state index is 15.0. The molecule has 1 saturated heterocycles. The number of carbonyl (C=O) groups excluding carboxylic acids is 1. The van der Waals surface area contributed by atoms with E-state index in [1.165, 1.54) is 19.2 Å². The summed E-state index contributed by atoms with van der Waals surface area (Å²) in [5.74, 6) is -1.86. The van der Waals surface area contributed by atoms with Gasteiger partial charge >= 0.3 is 5.97 Å². The molecule has 4 aromatic rings. The van der Waals surface area contributed by atoms with Gasteiger partial charge in [0.1, 0.15) is 22.8 Å². The van der Waals surface area contributed by atoms with Gasteiger partial charge in [-0.05, 0) is 50.8 Å². The fraction of sp³-hybridized carbons (Fsp3) is 0.393. The lowest BCUT2D eigenvalue weighted by molar-refractivity contribution is -0.139. The van der Waals surface area contributed by atoms with E-state index in [1.54, 1.807) is 6.92 Å². The second-order valence-electron chi connectivity index (χ2n) is 9.96. The quantitative estimate of drug-likeness (QED) is 0.325. The summed E-state index contributed by atoms with van der Waals surface area (Å²) in [6, 6.07) is 5.75. The average molecular weight is 520 g/mol. The largest absolute Gasteiger partial charge is 0.469 e. The van der Waals surface area contributed by atoms with Crippen LogP contribution in [0.25, 0.3) is 22.3 Å². The highest BCUT2D eigenvalue weighted by Crippen LogP contribution is 2.40. The van der Waals surface area contributed by atoms with Gasteiger partial charge in [0.05, 0.1) is 48.8 Å². The van der Waals surface area contributed by atoms with Crippen LogP contribution in [0.5, 0.6) is 0 Å². The van der Waals surface area contributed by atoms with Crippen molar-refractivity contribution in [1.82, 2.24) is 24.7 Å². The number of methoxy groups -OCH3 is 1. The van der Waals surface area contributed by atoms with E-state index in [-0.39, 0.29) is 29.7 Å². The zero-order chi connectivity index (χ0) is 26.4. The Morgan fingerprint density at radius 2 is 2.00 bits per heavy atom. The first-order chi connectivity index (χ1) is 18.4. The van der Waals surface area contributed by atoms with Gasteiger partial charge in [0.2, 0.25) is 0 Å². The molecule has 0 spiro atoms. The number of carbonyl (C=O) groups is 1. The van der Waals surface area contributed by atoms with Gasteiger partial charge in [-0.3, -0.25) is 9.48 Å². The lowest BCUT2D eigenvalue weighted by Gasteiger charge is -2.29. The van der Waals surface area contributed by atoms with Gasteiger partial charge in [0.15, 0.2) is 0 Å². The minimum absolute atomic E-state index is 0.0292. The summed E-state index contributed by atoms with van der Waals surface area (Å²) < 4.78 is 41.6. The smallest absolute Gasteiger partial charge is 0.311 e. The molecule has 0 unspecified atom stereocenters. The van der Waals surface area contributed by atoms with Crippen molar-refractivity contribution in [1.29, 1.82) is 0 Å². The van der Waals surface area contributed by atoms with Crippen LogP contribution in [0.1, 0.15) is 66.4 Å². The van der Waals surface area contributed by atoms with E-state index in [1.807, 2.05) is 16.9 Å². The topological polar surface area (TPSA) is 92.0 Å². The Hall–Kier alpha value is -3.79. The van der Waals surface area contributed by atoms with E-state index in [4.69, 9.17) is 19.4 Å². The van der Waals surface area contributed by atoms with Gasteiger partial charge < -0.3 is 9.47 Å². The number of aryl methyl sites for hydroxylation is 1. The number of pyridine rings is 1. The number of benzene rings is 1. The van der Waals surface area contributed by atoms with E-state index in [0.29, 0.717) is 41.5 Å². The summed E-state index contributed by atoms with van der Waals surface area (Å²) in [4.78, 5) is 26.2. The Kier molecular flexibility index (Phi) is 6.35. The zero-order valence-electron chi connectivity index (χ0n) is 21.2. The van der Waals surface area contributed by atoms with Gasteiger partial charge in [-0.1, -0.05) is 0 Å². The van der Waals surface area contributed by atoms with E-state index >= 15 is 4.39 Å². The minimum atomic E-state index is -0.745. The summed E-state index contributed by atoms with van der Waals surface area (Å²) in [5, 5.41) is 4.50. The molecule has 0 amide bonds. The van der Waals surface area contributed by atoms with Crippen LogP contribution in [0.3, 0.4) is 0 Å². The van der Waals surface area contributed by atoms with E-state index in [2.05, 4.69) is 16.3 Å². The molecule has 2 atom stereocenters. The van der Waals surface area contributed by atoms with Crippen molar-refractivity contribution >= 4 is 17.0 Å². The summed E-state index contributed by atoms with van der Waals surface area (Å²) in [5.41, 5.74) is 4.03. The zero-order valence-corrected chi connectivity index (χ0v) is 21.2. The first-order valence-electron chi connectivity index (χ1n) is 12.8. The van der Waals surface area contributed by atoms with Crippen LogP contribution in [-0.4, -0.2) is 44.4 Å². The lowest BCUT2D eigenvalue weighted by Crippen LogP contribution is -2.19. The van der Waals surface area contributed by atoms with Crippen molar-refractivity contribution in [2.45, 2.75) is 57.1 Å². The number of aromatic nitrogens is 5. The summed E-state index contributed by atoms with van der Waals surface area (Å²) in [6.07, 6.45) is 7.47. The van der Waals surface area contributed by atoms with Crippen LogP contribution in [0.4, 0.5) is 8.78 Å². The Labute approximate surface area is 218 Å². The van der Waals surface area contributed by atoms with Crippen molar-refractivity contribution in [2.24, 2.45) is 0 Å². The Morgan fingerprint density at radius 3 is 2.76 bits per heavy atom. The molecule has 1 aliphatic carbocycles. The van der Waals surface area contributed by atoms with Crippen LogP contribution >= 0.6 is 0 Å². The Balaban J connectivity index is 1.42. The number of esters is 1. The van der Waals surface area contributed by atoms with E-state index in [0.717, 1.165) is 36.6 Å². The van der Waals surface area contributed by atoms with Crippen molar-refractivity contribution in [3.05, 3.63) is 70.9 Å². The fourth-order valence-electron chi connectivity index (χ4n) is 5.01. The van der Waals surface area contributed by atoms with Crippen LogP contribution in [-0.2, 0) is 20.7 Å². The van der Waals surface area contributed by atoms with Gasteiger partial charge in [-0.15, -0.1) is 0 Å². The number of hydrogen-bond acceptors (Lipinski definition) is 7. The monoisotopic (exact) mass is 519 g/mol. The third-order valence-electron chi connectivity index (χ3n) is 7.29. The van der Waals surface area contributed by atoms with E-state index in [9.17, 15) is 9.18 Å². The molecule has 2 fully saturated rings. The molecule has 1 aromatic carbocycles. The summed E-state index contributed by atoms with van der Waals surface area (Å²) in [6.45, 7) is 2.32. The molecule has 0 N–H and O–H groups in total. The van der Waals surface area contributed by atoms with Crippen molar-refractivity contribution in [3.63, 3.8) is 0 Å². The minimum Gasteiger partial charge on any atom is -0.469 e. The highest BCUT2D eigenvalue weighted by atomic mass is 19.1. The van der Waals surface area contributed by atoms with Gasteiger partial charge in [-0.25, -0.2) is 23.7 Å². The van der Waals surface area contributed by atoms with Gasteiger partial charge in [-0.2, -0.15) is 5.10 Å². The number of nitrogens with zero attached hydrogens (tertiary/aromatic N) is 5. The molecule has 2 aliphatic rings. The number of halogens is 2. The molecule has 8 nitrogen and oxygen atoms in total. The molecular formula is C28H27F2N5O3. The molecule has 38 heavy (non-hydrogen) atoms. The lowest BCUT2D eigenvalue weighted by atomic mass is 9.89. The summed E-state index contributed by atoms with van der Waals surface area (Å²) >= 11 is 0. The SMILES string of the molecule is COC(=O)Cc1nc2c(-c3ccc(F)cc3F)nc([C@H]3CCO[C@@H](c4cnn(C5CC5)c4)C3)cc2nc1C. The number of fused-ring (bicyclic) bond motifs is 1. The van der Waals surface area contributed by atoms with Gasteiger partial charge in [0, 0.05) is 41.6 Å². The van der Waals surface area contributed by atoms with Crippen molar-refractivity contribution < 1.29 is 23.0 Å². The summed E-state index contributed by atoms with van der Waals surface area (Å²) in [7, 11) is 1.30. The average Bonchev–Trinajstić information content (AvgIpc) is 3.65. The molecule has 4 heterocycles. The van der Waals surface area contributed by atoms with Crippen LogP contribution in [0, 0.1) is 18.6 Å². The second-order valence-corrected chi connectivity index (χ2v) is 9.96. The third-order valence-corrected chi connectivity index (χ3v) is 7.29. The molecule has 0 bridgehead atoms. The molecular weight excluding hydrogens is 492 g/mol. The second kappa shape index (κ2) is 9.83. The first-order valence-corrected chi connectivity index (χ1v) is 12.8. The van der Waals surface area contributed by atoms with Gasteiger partial charge in [0.25, 0.3) is 0 Å². The molecule has 6 rings (SSSR count). The predicted molar refractivity (Wildman–Crippen MR) is 134 cm³/mol. The Morgan fingerprint density at radius 1 is 1.16 bits per heavy atom. The molecule has 196 valence electrons. The Bertz CT molecular complexity index is 1530. The van der Waals surface area contributed by atoms with E-state index < -0.39 is 17.6 Å². The molecule has 0 radical (unpaired) electrons. The normalized spacial score (nSPS) is 19.6. The maximum absolute atomic E-state index is 15.0. The van der Waals surface area contributed by atoms with Crippen LogP contribution < -0.4 is 0 Å². The maximum Gasteiger partial charge on any atom is 0.311 e. The number of hydrogen-bond donors (Lipinski definition) is 0. The fourth-order valence-corrected chi connectivity index (χ4v) is 5.01. The standard InChI is InChI=1S/C28H27F2N5O3/c1-15-22(12-26(36)37-2)33-28-24(32-15)11-23(34-27(28)20-6-3-18(29)10-21(20)30)16-7-8-38-25(9-16)17-13-31-35(14-17)19-4-5-19/h3,6,10-11,13-14,16,19,25H,4-5,7-9,12H2,1-2H3/t16-,25+/m0/s1. The number of rotatable bonds is 6. The predicted octanol–water partition coefficient (Wildman–Crippen LogP) is 5.16. The molecule has 1 saturated carbocycles. The third kappa shape index (κ3) is 4.76. The first kappa shape index (κ1) is 24.5. The molecule has 3 aromatic heterocycles. The van der Waals surface area contributed by atoms with Crippen molar-refractivity contribution in [2.75, 3.05) is 13.7 Å².